The smallest absolute Gasteiger partial charge is 0.239 e. The van der Waals surface area contributed by atoms with Gasteiger partial charge in [-0.2, -0.15) is 0 Å². The maximum Gasteiger partial charge on any atom is 0.239 e. The first-order valence-corrected chi connectivity index (χ1v) is 4.62. The van der Waals surface area contributed by atoms with Crippen molar-refractivity contribution in [3.63, 3.8) is 0 Å². The maximum absolute atomic E-state index is 11.5. The lowest BCUT2D eigenvalue weighted by atomic mass is 10.1. The molecule has 1 aromatic heterocycles. The van der Waals surface area contributed by atoms with Crippen LogP contribution in [0.4, 0.5) is 0 Å². The van der Waals surface area contributed by atoms with Crippen LogP contribution in [0.25, 0.3) is 0 Å². The highest BCUT2D eigenvalue weighted by Crippen LogP contribution is 2.29. The summed E-state index contributed by atoms with van der Waals surface area (Å²) in [6.07, 6.45) is 4.16. The first-order valence-electron chi connectivity index (χ1n) is 4.62. The summed E-state index contributed by atoms with van der Waals surface area (Å²) in [7, 11) is 1.79. The highest BCUT2D eigenvalue weighted by Gasteiger charge is 2.35. The van der Waals surface area contributed by atoms with Gasteiger partial charge in [-0.05, 0) is 24.1 Å². The molecule has 0 spiro atoms. The molecule has 0 aliphatic carbocycles. The molecule has 1 aliphatic rings. The van der Waals surface area contributed by atoms with Gasteiger partial charge in [-0.25, -0.2) is 0 Å². The third-order valence-electron chi connectivity index (χ3n) is 2.70. The second kappa shape index (κ2) is 3.38. The van der Waals surface area contributed by atoms with Gasteiger partial charge in [0.15, 0.2) is 0 Å². The minimum absolute atomic E-state index is 0.0202. The van der Waals surface area contributed by atoms with Crippen LogP contribution in [0.3, 0.4) is 0 Å². The van der Waals surface area contributed by atoms with Gasteiger partial charge in [0, 0.05) is 19.4 Å². The molecule has 2 N–H and O–H groups in total. The van der Waals surface area contributed by atoms with Crippen LogP contribution in [-0.4, -0.2) is 28.9 Å². The summed E-state index contributed by atoms with van der Waals surface area (Å²) >= 11 is 0. The van der Waals surface area contributed by atoms with Crippen LogP contribution >= 0.6 is 0 Å². The van der Waals surface area contributed by atoms with Crippen molar-refractivity contribution in [2.45, 2.75) is 18.5 Å². The molecule has 74 valence electrons. The largest absolute Gasteiger partial charge is 0.337 e. The van der Waals surface area contributed by atoms with E-state index in [2.05, 4.69) is 4.98 Å². The van der Waals surface area contributed by atoms with E-state index in [0.29, 0.717) is 6.42 Å². The number of rotatable bonds is 1. The molecule has 1 fully saturated rings. The fraction of sp³-hybridized carbons (Fsp3) is 0.400. The molecule has 2 rings (SSSR count). The number of aromatic nitrogens is 1. The van der Waals surface area contributed by atoms with Crippen molar-refractivity contribution in [3.05, 3.63) is 30.1 Å². The van der Waals surface area contributed by atoms with E-state index in [1.807, 2.05) is 12.1 Å². The molecule has 1 amide bonds. The zero-order valence-corrected chi connectivity index (χ0v) is 8.05. The monoisotopic (exact) mass is 191 g/mol. The molecule has 0 saturated carbocycles. The number of nitrogens with two attached hydrogens (primary N) is 1. The van der Waals surface area contributed by atoms with Gasteiger partial charge >= 0.3 is 0 Å². The molecular weight excluding hydrogens is 178 g/mol. The highest BCUT2D eigenvalue weighted by molar-refractivity contribution is 5.84. The Morgan fingerprint density at radius 1 is 1.50 bits per heavy atom. The van der Waals surface area contributed by atoms with Crippen LogP contribution < -0.4 is 5.73 Å². The third-order valence-corrected chi connectivity index (χ3v) is 2.70. The van der Waals surface area contributed by atoms with Crippen molar-refractivity contribution in [2.75, 3.05) is 7.05 Å². The Morgan fingerprint density at radius 3 is 2.64 bits per heavy atom. The summed E-state index contributed by atoms with van der Waals surface area (Å²) in [6.45, 7) is 0. The Morgan fingerprint density at radius 2 is 2.14 bits per heavy atom. The van der Waals surface area contributed by atoms with Gasteiger partial charge in [0.1, 0.15) is 0 Å². The van der Waals surface area contributed by atoms with Crippen LogP contribution in [0, 0.1) is 0 Å². The van der Waals surface area contributed by atoms with E-state index < -0.39 is 0 Å². The van der Waals surface area contributed by atoms with Crippen LogP contribution in [0.1, 0.15) is 18.0 Å². The number of nitrogens with zero attached hydrogens (tertiary/aromatic N) is 2. The van der Waals surface area contributed by atoms with Crippen LogP contribution in [0.2, 0.25) is 0 Å². The molecule has 0 aromatic carbocycles. The normalized spacial score (nSPS) is 27.0. The number of hydrogen-bond acceptors (Lipinski definition) is 3. The zero-order chi connectivity index (χ0) is 10.1. The molecule has 1 aliphatic heterocycles. The van der Waals surface area contributed by atoms with Gasteiger partial charge in [-0.3, -0.25) is 9.78 Å². The van der Waals surface area contributed by atoms with Gasteiger partial charge < -0.3 is 10.6 Å². The lowest BCUT2D eigenvalue weighted by molar-refractivity contribution is -0.128. The fourth-order valence-electron chi connectivity index (χ4n) is 1.86. The SMILES string of the molecule is CN1C(=O)[C@H](N)C[C@@H]1c1ccncc1. The minimum Gasteiger partial charge on any atom is -0.337 e. The molecule has 4 nitrogen and oxygen atoms in total. The van der Waals surface area contributed by atoms with E-state index in [-0.39, 0.29) is 18.0 Å². The van der Waals surface area contributed by atoms with Crippen molar-refractivity contribution in [1.29, 1.82) is 0 Å². The fourth-order valence-corrected chi connectivity index (χ4v) is 1.86. The predicted octanol–water partition coefficient (Wildman–Crippen LogP) is 0.312. The Bertz CT molecular complexity index is 338. The van der Waals surface area contributed by atoms with Gasteiger partial charge in [0.25, 0.3) is 0 Å². The van der Waals surface area contributed by atoms with Gasteiger partial charge in [-0.1, -0.05) is 0 Å². The number of carbonyl (C=O) groups is 1. The average molecular weight is 191 g/mol. The van der Waals surface area contributed by atoms with Gasteiger partial charge in [0.2, 0.25) is 5.91 Å². The number of pyridine rings is 1. The van der Waals surface area contributed by atoms with E-state index in [4.69, 9.17) is 5.73 Å². The summed E-state index contributed by atoms with van der Waals surface area (Å²) in [6, 6.07) is 3.61. The van der Waals surface area contributed by atoms with E-state index in [0.717, 1.165) is 5.56 Å². The van der Waals surface area contributed by atoms with Crippen LogP contribution in [0.5, 0.6) is 0 Å². The first-order chi connectivity index (χ1) is 6.70. The zero-order valence-electron chi connectivity index (χ0n) is 8.05. The number of likely N-dealkylation sites (tertiary alicyclic amines) is 1. The minimum atomic E-state index is -0.349. The third kappa shape index (κ3) is 1.37. The molecule has 0 unspecified atom stereocenters. The number of carbonyl (C=O) groups excluding carboxylic acids is 1. The number of amides is 1. The number of hydrogen-bond donors (Lipinski definition) is 1. The topological polar surface area (TPSA) is 59.2 Å². The standard InChI is InChI=1S/C10H13N3O/c1-13-9(6-8(11)10(13)14)7-2-4-12-5-3-7/h2-5,8-9H,6,11H2,1H3/t8-,9-/m1/s1. The van der Waals surface area contributed by atoms with E-state index >= 15 is 0 Å². The summed E-state index contributed by atoms with van der Waals surface area (Å²) in [4.78, 5) is 17.1. The average Bonchev–Trinajstić information content (AvgIpc) is 2.47. The molecule has 2 atom stereocenters. The predicted molar refractivity (Wildman–Crippen MR) is 52.3 cm³/mol. The van der Waals surface area contributed by atoms with E-state index in [9.17, 15) is 4.79 Å². The Hall–Kier alpha value is -1.42. The number of likely N-dealkylation sites (N-methyl/N-ethyl adjacent to an activating group) is 1. The Labute approximate surface area is 82.7 Å². The van der Waals surface area contributed by atoms with Crippen molar-refractivity contribution >= 4 is 5.91 Å². The molecule has 0 radical (unpaired) electrons. The van der Waals surface area contributed by atoms with Crippen LogP contribution in [-0.2, 0) is 4.79 Å². The van der Waals surface area contributed by atoms with Gasteiger partial charge in [-0.15, -0.1) is 0 Å². The van der Waals surface area contributed by atoms with Crippen LogP contribution in [0.15, 0.2) is 24.5 Å². The lowest BCUT2D eigenvalue weighted by Crippen LogP contribution is -2.31. The quantitative estimate of drug-likeness (QED) is 0.695. The second-order valence-corrected chi connectivity index (χ2v) is 3.59. The van der Waals surface area contributed by atoms with Crippen molar-refractivity contribution < 1.29 is 4.79 Å². The lowest BCUT2D eigenvalue weighted by Gasteiger charge is -2.19. The van der Waals surface area contributed by atoms with Crippen molar-refractivity contribution in [1.82, 2.24) is 9.88 Å². The second-order valence-electron chi connectivity index (χ2n) is 3.59. The molecule has 14 heavy (non-hydrogen) atoms. The van der Waals surface area contributed by atoms with E-state index in [1.165, 1.54) is 0 Å². The molecule has 2 heterocycles. The first kappa shape index (κ1) is 9.15. The summed E-state index contributed by atoms with van der Waals surface area (Å²) in [5.41, 5.74) is 6.79. The molecule has 1 aromatic rings. The maximum atomic E-state index is 11.5. The Balaban J connectivity index is 2.26. The van der Waals surface area contributed by atoms with Crippen molar-refractivity contribution in [3.8, 4) is 0 Å². The molecule has 1 saturated heterocycles. The van der Waals surface area contributed by atoms with E-state index in [1.54, 1.807) is 24.3 Å². The summed E-state index contributed by atoms with van der Waals surface area (Å²) < 4.78 is 0. The molecule has 0 bridgehead atoms. The summed E-state index contributed by atoms with van der Waals surface area (Å²) in [5, 5.41) is 0. The highest BCUT2D eigenvalue weighted by atomic mass is 16.2. The molecular formula is C10H13N3O. The summed E-state index contributed by atoms with van der Waals surface area (Å²) in [5.74, 6) is 0.0202. The van der Waals surface area contributed by atoms with Crippen molar-refractivity contribution in [2.24, 2.45) is 5.73 Å². The molecule has 4 heteroatoms. The Kier molecular flexibility index (Phi) is 2.21. The van der Waals surface area contributed by atoms with Gasteiger partial charge in [0.05, 0.1) is 12.1 Å².